The third-order valence-electron chi connectivity index (χ3n) is 5.48. The number of nitrogens with two attached hydrogens (primary N) is 1. The van der Waals surface area contributed by atoms with Gasteiger partial charge >= 0.3 is 0 Å². The van der Waals surface area contributed by atoms with Crippen molar-refractivity contribution in [2.24, 2.45) is 5.73 Å². The van der Waals surface area contributed by atoms with Crippen molar-refractivity contribution < 1.29 is 12.8 Å². The SMILES string of the molecule is CC(C)(C)n1cc(-c2cc3c(cc2F)S(=O)(=O)C[C@H](N)CN3Cc2ccc(Cl)cc2)cn1. The number of rotatable bonds is 3. The molecule has 0 saturated carbocycles. The number of aromatic nitrogens is 2. The first-order valence-electron chi connectivity index (χ1n) is 10.3. The largest absolute Gasteiger partial charge is 0.365 e. The van der Waals surface area contributed by atoms with Crippen LogP contribution in [0.25, 0.3) is 11.1 Å². The van der Waals surface area contributed by atoms with E-state index in [4.69, 9.17) is 17.3 Å². The Morgan fingerprint density at radius 1 is 1.22 bits per heavy atom. The van der Waals surface area contributed by atoms with E-state index in [-0.39, 0.29) is 16.2 Å². The topological polar surface area (TPSA) is 81.2 Å². The van der Waals surface area contributed by atoms with Crippen molar-refractivity contribution in [1.29, 1.82) is 0 Å². The molecule has 0 amide bonds. The molecule has 6 nitrogen and oxygen atoms in total. The fraction of sp³-hybridized carbons (Fsp3) is 0.348. The Labute approximate surface area is 192 Å². The molecule has 4 rings (SSSR count). The van der Waals surface area contributed by atoms with Gasteiger partial charge in [-0.15, -0.1) is 0 Å². The van der Waals surface area contributed by atoms with Crippen LogP contribution in [0.3, 0.4) is 0 Å². The summed E-state index contributed by atoms with van der Waals surface area (Å²) in [5, 5.41) is 4.97. The van der Waals surface area contributed by atoms with Crippen LogP contribution in [-0.2, 0) is 21.9 Å². The number of fused-ring (bicyclic) bond motifs is 1. The molecular weight excluding hydrogens is 451 g/mol. The van der Waals surface area contributed by atoms with Crippen molar-refractivity contribution in [2.75, 3.05) is 17.2 Å². The second-order valence-corrected chi connectivity index (χ2v) is 11.6. The van der Waals surface area contributed by atoms with Gasteiger partial charge in [0.05, 0.1) is 28.1 Å². The molecule has 170 valence electrons. The van der Waals surface area contributed by atoms with E-state index in [9.17, 15) is 8.42 Å². The van der Waals surface area contributed by atoms with Gasteiger partial charge in [-0.1, -0.05) is 23.7 Å². The van der Waals surface area contributed by atoms with Crippen LogP contribution in [0.1, 0.15) is 26.3 Å². The predicted octanol–water partition coefficient (Wildman–Crippen LogP) is 4.22. The van der Waals surface area contributed by atoms with Crippen molar-refractivity contribution in [1.82, 2.24) is 9.78 Å². The molecule has 1 aliphatic rings. The molecule has 2 aromatic carbocycles. The zero-order valence-electron chi connectivity index (χ0n) is 18.2. The van der Waals surface area contributed by atoms with E-state index in [1.165, 1.54) is 0 Å². The maximum Gasteiger partial charge on any atom is 0.182 e. The van der Waals surface area contributed by atoms with Crippen LogP contribution in [0.5, 0.6) is 0 Å². The summed E-state index contributed by atoms with van der Waals surface area (Å²) in [6, 6.07) is 9.43. The lowest BCUT2D eigenvalue weighted by atomic mass is 10.1. The minimum atomic E-state index is -3.75. The standard InChI is InChI=1S/C23H26ClFN4O2S/c1-23(2,3)29-12-16(10-27-29)19-8-21-22(9-20(19)25)32(30,31)14-18(26)13-28(21)11-15-4-6-17(24)7-5-15/h4-10,12,18H,11,13-14,26H2,1-3H3/t18-/m1/s1. The minimum absolute atomic E-state index is 0.0381. The number of anilines is 1. The van der Waals surface area contributed by atoms with Crippen molar-refractivity contribution in [3.63, 3.8) is 0 Å². The zero-order chi connectivity index (χ0) is 23.3. The number of hydrogen-bond donors (Lipinski definition) is 1. The van der Waals surface area contributed by atoms with E-state index in [0.717, 1.165) is 11.6 Å². The Balaban J connectivity index is 1.84. The van der Waals surface area contributed by atoms with Crippen molar-refractivity contribution >= 4 is 27.1 Å². The van der Waals surface area contributed by atoms with Gasteiger partial charge in [-0.3, -0.25) is 4.68 Å². The second kappa shape index (κ2) is 8.17. The fourth-order valence-corrected chi connectivity index (χ4v) is 5.62. The lowest BCUT2D eigenvalue weighted by Crippen LogP contribution is -2.39. The molecule has 0 bridgehead atoms. The van der Waals surface area contributed by atoms with E-state index in [2.05, 4.69) is 5.10 Å². The first-order valence-corrected chi connectivity index (χ1v) is 12.3. The Morgan fingerprint density at radius 2 is 1.91 bits per heavy atom. The maximum atomic E-state index is 15.2. The molecule has 0 unspecified atom stereocenters. The van der Waals surface area contributed by atoms with Gasteiger partial charge in [0, 0.05) is 41.5 Å². The van der Waals surface area contributed by atoms with Crippen molar-refractivity contribution in [3.05, 3.63) is 65.2 Å². The Bertz CT molecular complexity index is 1250. The van der Waals surface area contributed by atoms with Gasteiger partial charge in [-0.2, -0.15) is 5.10 Å². The van der Waals surface area contributed by atoms with Gasteiger partial charge in [0.1, 0.15) is 5.82 Å². The van der Waals surface area contributed by atoms with E-state index >= 15 is 4.39 Å². The first-order chi connectivity index (χ1) is 14.9. The van der Waals surface area contributed by atoms with Gasteiger partial charge < -0.3 is 10.6 Å². The second-order valence-electron chi connectivity index (χ2n) is 9.19. The quantitative estimate of drug-likeness (QED) is 0.612. The highest BCUT2D eigenvalue weighted by atomic mass is 35.5. The molecule has 2 N–H and O–H groups in total. The van der Waals surface area contributed by atoms with Gasteiger partial charge in [0.15, 0.2) is 9.84 Å². The zero-order valence-corrected chi connectivity index (χ0v) is 19.8. The average molecular weight is 477 g/mol. The number of sulfone groups is 1. The lowest BCUT2D eigenvalue weighted by Gasteiger charge is -2.26. The van der Waals surface area contributed by atoms with Crippen molar-refractivity contribution in [3.8, 4) is 11.1 Å². The third-order valence-corrected chi connectivity index (χ3v) is 7.60. The number of benzene rings is 2. The molecule has 32 heavy (non-hydrogen) atoms. The van der Waals surface area contributed by atoms with Crippen LogP contribution in [0.15, 0.2) is 53.7 Å². The summed E-state index contributed by atoms with van der Waals surface area (Å²) in [4.78, 5) is 1.86. The summed E-state index contributed by atoms with van der Waals surface area (Å²) in [5.41, 5.74) is 8.14. The highest BCUT2D eigenvalue weighted by Gasteiger charge is 2.32. The molecule has 9 heteroatoms. The summed E-state index contributed by atoms with van der Waals surface area (Å²) < 4.78 is 42.9. The van der Waals surface area contributed by atoms with Gasteiger partial charge in [0.25, 0.3) is 0 Å². The summed E-state index contributed by atoms with van der Waals surface area (Å²) in [6.45, 7) is 6.73. The van der Waals surface area contributed by atoms with Crippen LogP contribution >= 0.6 is 11.6 Å². The van der Waals surface area contributed by atoms with Crippen molar-refractivity contribution in [2.45, 2.75) is 43.8 Å². The molecule has 1 atom stereocenters. The number of nitrogens with zero attached hydrogens (tertiary/aromatic N) is 3. The summed E-state index contributed by atoms with van der Waals surface area (Å²) in [7, 11) is -3.75. The van der Waals surface area contributed by atoms with Gasteiger partial charge in [0.2, 0.25) is 0 Å². The summed E-state index contributed by atoms with van der Waals surface area (Å²) in [6.07, 6.45) is 3.36. The Hall–Kier alpha value is -2.42. The van der Waals surface area contributed by atoms with Gasteiger partial charge in [-0.25, -0.2) is 12.8 Å². The van der Waals surface area contributed by atoms with E-state index < -0.39 is 21.7 Å². The van der Waals surface area contributed by atoms with Crippen LogP contribution in [0.4, 0.5) is 10.1 Å². The molecule has 0 saturated heterocycles. The van der Waals surface area contributed by atoms with Crippen LogP contribution < -0.4 is 10.6 Å². The van der Waals surface area contributed by atoms with Crippen LogP contribution in [-0.4, -0.2) is 36.5 Å². The Morgan fingerprint density at radius 3 is 2.53 bits per heavy atom. The average Bonchev–Trinajstić information content (AvgIpc) is 3.16. The minimum Gasteiger partial charge on any atom is -0.365 e. The predicted molar refractivity (Wildman–Crippen MR) is 125 cm³/mol. The smallest absolute Gasteiger partial charge is 0.182 e. The lowest BCUT2D eigenvalue weighted by molar-refractivity contribution is 0.355. The molecule has 1 aliphatic heterocycles. The normalized spacial score (nSPS) is 18.3. The molecule has 0 radical (unpaired) electrons. The third kappa shape index (κ3) is 4.53. The van der Waals surface area contributed by atoms with Crippen LogP contribution in [0, 0.1) is 5.82 Å². The van der Waals surface area contributed by atoms with E-state index in [1.807, 2.05) is 37.8 Å². The maximum absolute atomic E-state index is 15.2. The molecule has 0 aliphatic carbocycles. The molecule has 1 aromatic heterocycles. The summed E-state index contributed by atoms with van der Waals surface area (Å²) >= 11 is 6.00. The first kappa shape index (κ1) is 22.8. The van der Waals surface area contributed by atoms with E-state index in [1.54, 1.807) is 35.3 Å². The molecular formula is C23H26ClFN4O2S. The monoisotopic (exact) mass is 476 g/mol. The fourth-order valence-electron chi connectivity index (χ4n) is 3.86. The molecule has 0 fully saturated rings. The highest BCUT2D eigenvalue weighted by molar-refractivity contribution is 7.91. The molecule has 2 heterocycles. The number of halogens is 2. The Kier molecular flexibility index (Phi) is 5.81. The van der Waals surface area contributed by atoms with Gasteiger partial charge in [-0.05, 0) is 50.6 Å². The molecule has 3 aromatic rings. The highest BCUT2D eigenvalue weighted by Crippen LogP contribution is 2.37. The van der Waals surface area contributed by atoms with E-state index in [0.29, 0.717) is 34.9 Å². The van der Waals surface area contributed by atoms with Crippen LogP contribution in [0.2, 0.25) is 5.02 Å². The number of hydrogen-bond acceptors (Lipinski definition) is 5. The molecule has 0 spiro atoms. The summed E-state index contributed by atoms with van der Waals surface area (Å²) in [5.74, 6) is -0.847.